The molecule has 2 aromatic heterocycles. The van der Waals surface area contributed by atoms with Crippen LogP contribution in [0.2, 0.25) is 0 Å². The quantitative estimate of drug-likeness (QED) is 0.617. The third-order valence-corrected chi connectivity index (χ3v) is 6.58. The lowest BCUT2D eigenvalue weighted by molar-refractivity contribution is -0.154. The van der Waals surface area contributed by atoms with E-state index in [1.807, 2.05) is 20.0 Å². The number of carbonyl (C=O) groups excluding carboxylic acids is 1. The summed E-state index contributed by atoms with van der Waals surface area (Å²) in [7, 11) is 1.44. The highest BCUT2D eigenvalue weighted by molar-refractivity contribution is 7.20. The number of anilines is 1. The van der Waals surface area contributed by atoms with Crippen LogP contribution in [-0.4, -0.2) is 40.8 Å². The van der Waals surface area contributed by atoms with Crippen LogP contribution in [0.5, 0.6) is 0 Å². The molecule has 148 valence electrons. The first-order valence-corrected chi connectivity index (χ1v) is 10.2. The average molecular weight is 402 g/mol. The number of nitrogens with zero attached hydrogens (tertiary/aromatic N) is 4. The molecule has 1 aliphatic rings. The molecule has 1 saturated heterocycles. The Morgan fingerprint density at radius 3 is 2.75 bits per heavy atom. The van der Waals surface area contributed by atoms with Gasteiger partial charge in [-0.2, -0.15) is 0 Å². The molecule has 1 aliphatic heterocycles. The van der Waals surface area contributed by atoms with Crippen LogP contribution in [0.3, 0.4) is 0 Å². The fraction of sp³-hybridized carbons (Fsp3) is 0.450. The second-order valence-corrected chi connectivity index (χ2v) is 8.68. The monoisotopic (exact) mass is 402 g/mol. The van der Waals surface area contributed by atoms with Crippen molar-refractivity contribution in [3.05, 3.63) is 36.3 Å². The first-order valence-electron chi connectivity index (χ1n) is 9.34. The molecule has 0 spiro atoms. The molecule has 1 fully saturated rings. The average Bonchev–Trinajstić information content (AvgIpc) is 3.27. The molecule has 3 aromatic rings. The van der Waals surface area contributed by atoms with Gasteiger partial charge in [0.05, 0.1) is 24.4 Å². The summed E-state index contributed by atoms with van der Waals surface area (Å²) in [6, 6.07) is 6.29. The number of piperidine rings is 1. The van der Waals surface area contributed by atoms with E-state index in [0.717, 1.165) is 47.3 Å². The number of benzene rings is 1. The Morgan fingerprint density at radius 1 is 1.32 bits per heavy atom. The number of ether oxygens (including phenoxy) is 1. The summed E-state index contributed by atoms with van der Waals surface area (Å²) in [6.45, 7) is 5.59. The molecule has 8 heteroatoms. The zero-order valence-electron chi connectivity index (χ0n) is 16.2. The number of imidazole rings is 1. The highest BCUT2D eigenvalue weighted by Crippen LogP contribution is 2.37. The van der Waals surface area contributed by atoms with Crippen molar-refractivity contribution in [2.24, 2.45) is 11.3 Å². The van der Waals surface area contributed by atoms with E-state index in [0.29, 0.717) is 0 Å². The van der Waals surface area contributed by atoms with Crippen molar-refractivity contribution in [3.8, 4) is 11.3 Å². The third-order valence-electron chi connectivity index (χ3n) is 5.60. The molecular weight excluding hydrogens is 379 g/mol. The minimum Gasteiger partial charge on any atom is -0.469 e. The fourth-order valence-electron chi connectivity index (χ4n) is 3.75. The number of halogens is 1. The topological polar surface area (TPSA) is 59.7 Å². The van der Waals surface area contributed by atoms with Gasteiger partial charge in [0.15, 0.2) is 0 Å². The van der Waals surface area contributed by atoms with Crippen LogP contribution in [0, 0.1) is 17.2 Å². The van der Waals surface area contributed by atoms with E-state index in [4.69, 9.17) is 4.74 Å². The number of carbonyl (C=O) groups is 1. The van der Waals surface area contributed by atoms with Crippen molar-refractivity contribution < 1.29 is 13.9 Å². The molecule has 28 heavy (non-hydrogen) atoms. The summed E-state index contributed by atoms with van der Waals surface area (Å²) < 4.78 is 19.9. The van der Waals surface area contributed by atoms with Gasteiger partial charge in [-0.3, -0.25) is 4.79 Å². The molecule has 6 nitrogen and oxygen atoms in total. The summed E-state index contributed by atoms with van der Waals surface area (Å²) >= 11 is 1.53. The van der Waals surface area contributed by atoms with E-state index in [9.17, 15) is 9.18 Å². The first kappa shape index (κ1) is 18.9. The Bertz CT molecular complexity index is 964. The minimum absolute atomic E-state index is 0.169. The standard InChI is InChI=1S/C20H23FN4O2S/c1-20(2,17(26)27-3)14-5-4-10-24(11-14)19-23-25-12-16(22-18(25)28-19)13-6-8-15(21)9-7-13/h6-9,12,14H,4-5,10-11H2,1-3H3. The van der Waals surface area contributed by atoms with Crippen LogP contribution >= 0.6 is 11.3 Å². The SMILES string of the molecule is COC(=O)C(C)(C)C1CCCN(c2nn3cc(-c4ccc(F)cc4)nc3s2)C1. The van der Waals surface area contributed by atoms with E-state index in [1.54, 1.807) is 16.6 Å². The molecule has 4 rings (SSSR count). The van der Waals surface area contributed by atoms with E-state index >= 15 is 0 Å². The summed E-state index contributed by atoms with van der Waals surface area (Å²) in [5.74, 6) is -0.225. The minimum atomic E-state index is -0.527. The molecule has 0 bridgehead atoms. The van der Waals surface area contributed by atoms with Crippen LogP contribution in [0.25, 0.3) is 16.2 Å². The number of aromatic nitrogens is 3. The highest BCUT2D eigenvalue weighted by Gasteiger charge is 2.40. The normalized spacial score (nSPS) is 17.9. The number of esters is 1. The lowest BCUT2D eigenvalue weighted by atomic mass is 9.74. The van der Waals surface area contributed by atoms with Crippen molar-refractivity contribution in [2.45, 2.75) is 26.7 Å². The Hall–Kier alpha value is -2.48. The van der Waals surface area contributed by atoms with Gasteiger partial charge in [-0.25, -0.2) is 13.9 Å². The fourth-order valence-corrected chi connectivity index (χ4v) is 4.66. The number of fused-ring (bicyclic) bond motifs is 1. The van der Waals surface area contributed by atoms with Crippen LogP contribution in [0.15, 0.2) is 30.5 Å². The van der Waals surface area contributed by atoms with Gasteiger partial charge in [-0.05, 0) is 56.9 Å². The second kappa shape index (κ2) is 7.16. The van der Waals surface area contributed by atoms with Gasteiger partial charge in [0.2, 0.25) is 10.1 Å². The number of hydrogen-bond acceptors (Lipinski definition) is 6. The first-order chi connectivity index (χ1) is 13.4. The molecule has 1 aromatic carbocycles. The lowest BCUT2D eigenvalue weighted by Gasteiger charge is -2.39. The van der Waals surface area contributed by atoms with Crippen molar-refractivity contribution >= 4 is 27.4 Å². The smallest absolute Gasteiger partial charge is 0.311 e. The zero-order valence-corrected chi connectivity index (χ0v) is 17.0. The number of hydrogen-bond donors (Lipinski definition) is 0. The van der Waals surface area contributed by atoms with E-state index < -0.39 is 5.41 Å². The second-order valence-electron chi connectivity index (χ2n) is 7.74. The highest BCUT2D eigenvalue weighted by atomic mass is 32.1. The van der Waals surface area contributed by atoms with Gasteiger partial charge in [-0.1, -0.05) is 11.3 Å². The molecule has 0 saturated carbocycles. The van der Waals surface area contributed by atoms with Gasteiger partial charge < -0.3 is 9.64 Å². The summed E-state index contributed by atoms with van der Waals surface area (Å²) in [5.41, 5.74) is 1.10. The van der Waals surface area contributed by atoms with Gasteiger partial charge in [-0.15, -0.1) is 5.10 Å². The molecular formula is C20H23FN4O2S. The third kappa shape index (κ3) is 3.37. The molecule has 0 aliphatic carbocycles. The van der Waals surface area contributed by atoms with Crippen LogP contribution in [0.1, 0.15) is 26.7 Å². The lowest BCUT2D eigenvalue weighted by Crippen LogP contribution is -2.45. The maximum absolute atomic E-state index is 13.1. The van der Waals surface area contributed by atoms with Crippen molar-refractivity contribution in [3.63, 3.8) is 0 Å². The molecule has 3 heterocycles. The Balaban J connectivity index is 1.55. The predicted molar refractivity (Wildman–Crippen MR) is 107 cm³/mol. The molecule has 1 unspecified atom stereocenters. The summed E-state index contributed by atoms with van der Waals surface area (Å²) in [4.78, 5) is 19.8. The predicted octanol–water partition coefficient (Wildman–Crippen LogP) is 4.01. The van der Waals surface area contributed by atoms with Gasteiger partial charge in [0.1, 0.15) is 5.82 Å². The van der Waals surface area contributed by atoms with Crippen LogP contribution in [0.4, 0.5) is 9.52 Å². The molecule has 0 N–H and O–H groups in total. The largest absolute Gasteiger partial charge is 0.469 e. The molecule has 0 amide bonds. The van der Waals surface area contributed by atoms with Gasteiger partial charge >= 0.3 is 5.97 Å². The summed E-state index contributed by atoms with van der Waals surface area (Å²) in [6.07, 6.45) is 3.87. The Kier molecular flexibility index (Phi) is 4.82. The van der Waals surface area contributed by atoms with Gasteiger partial charge in [0, 0.05) is 18.7 Å². The van der Waals surface area contributed by atoms with Crippen molar-refractivity contribution in [1.82, 2.24) is 14.6 Å². The molecule has 1 atom stereocenters. The Labute approximate surface area is 166 Å². The maximum Gasteiger partial charge on any atom is 0.311 e. The maximum atomic E-state index is 13.1. The van der Waals surface area contributed by atoms with Crippen LogP contribution in [-0.2, 0) is 9.53 Å². The number of methoxy groups -OCH3 is 1. The van der Waals surface area contributed by atoms with Crippen molar-refractivity contribution in [1.29, 1.82) is 0 Å². The van der Waals surface area contributed by atoms with Crippen molar-refractivity contribution in [2.75, 3.05) is 25.1 Å². The molecule has 0 radical (unpaired) electrons. The van der Waals surface area contributed by atoms with Gasteiger partial charge in [0.25, 0.3) is 0 Å². The van der Waals surface area contributed by atoms with E-state index in [1.165, 1.54) is 30.6 Å². The van der Waals surface area contributed by atoms with E-state index in [-0.39, 0.29) is 17.7 Å². The summed E-state index contributed by atoms with van der Waals surface area (Å²) in [5, 5.41) is 5.59. The van der Waals surface area contributed by atoms with Crippen LogP contribution < -0.4 is 4.90 Å². The van der Waals surface area contributed by atoms with E-state index in [2.05, 4.69) is 15.0 Å². The Morgan fingerprint density at radius 2 is 2.07 bits per heavy atom. The zero-order chi connectivity index (χ0) is 19.9. The number of rotatable bonds is 4.